The third-order valence-electron chi connectivity index (χ3n) is 6.61. The SMILES string of the molecule is CCc1cc(NCc2ccc(-c3ccccc3-c3nn[nH]n3)cc2)c(-c2ccccc2C(F)(F)F)c(CC)n1. The molecule has 0 saturated heterocycles. The first-order chi connectivity index (χ1) is 18.9. The smallest absolute Gasteiger partial charge is 0.380 e. The van der Waals surface area contributed by atoms with E-state index in [0.29, 0.717) is 42.2 Å². The van der Waals surface area contributed by atoms with E-state index in [-0.39, 0.29) is 5.56 Å². The lowest BCUT2D eigenvalue weighted by molar-refractivity contribution is -0.137. The van der Waals surface area contributed by atoms with Crippen molar-refractivity contribution in [3.05, 3.63) is 101 Å². The largest absolute Gasteiger partial charge is 0.417 e. The van der Waals surface area contributed by atoms with Crippen LogP contribution in [0.5, 0.6) is 0 Å². The summed E-state index contributed by atoms with van der Waals surface area (Å²) in [6.45, 7) is 4.33. The van der Waals surface area contributed by atoms with E-state index < -0.39 is 11.7 Å². The van der Waals surface area contributed by atoms with Gasteiger partial charge in [0.05, 0.1) is 11.3 Å². The Bertz CT molecular complexity index is 1560. The molecule has 3 aromatic carbocycles. The molecule has 5 rings (SSSR count). The molecule has 0 atom stereocenters. The molecule has 198 valence electrons. The zero-order chi connectivity index (χ0) is 27.4. The number of H-pyrrole nitrogens is 1. The van der Waals surface area contributed by atoms with Crippen molar-refractivity contribution < 1.29 is 13.2 Å². The summed E-state index contributed by atoms with van der Waals surface area (Å²) in [4.78, 5) is 4.68. The van der Waals surface area contributed by atoms with Crippen LogP contribution in [0.2, 0.25) is 0 Å². The number of hydrogen-bond donors (Lipinski definition) is 2. The molecule has 0 aliphatic rings. The molecule has 0 fully saturated rings. The standard InChI is InChI=1S/C30H27F3N6/c1-3-21-17-27(28(26(4-2)35-21)24-11-7-8-12-25(24)30(31,32)33)34-18-19-13-15-20(16-14-19)22-9-5-6-10-23(22)29-36-38-39-37-29/h5-17H,3-4,18H2,1-2H3,(H,34,35)(H,36,37,38,39). The van der Waals surface area contributed by atoms with Crippen LogP contribution in [0.4, 0.5) is 18.9 Å². The number of aryl methyl sites for hydroxylation is 2. The van der Waals surface area contributed by atoms with E-state index in [9.17, 15) is 13.2 Å². The van der Waals surface area contributed by atoms with E-state index in [1.807, 2.05) is 68.4 Å². The molecule has 0 aliphatic carbocycles. The van der Waals surface area contributed by atoms with Crippen molar-refractivity contribution in [2.75, 3.05) is 5.32 Å². The predicted octanol–water partition coefficient (Wildman–Crippen LogP) is 7.35. The summed E-state index contributed by atoms with van der Waals surface area (Å²) < 4.78 is 41.8. The summed E-state index contributed by atoms with van der Waals surface area (Å²) in [7, 11) is 0. The van der Waals surface area contributed by atoms with Crippen LogP contribution in [0.25, 0.3) is 33.6 Å². The Labute approximate surface area is 224 Å². The van der Waals surface area contributed by atoms with Gasteiger partial charge in [-0.25, -0.2) is 0 Å². The van der Waals surface area contributed by atoms with Crippen molar-refractivity contribution in [3.8, 4) is 33.6 Å². The van der Waals surface area contributed by atoms with Crippen molar-refractivity contribution >= 4 is 5.69 Å². The monoisotopic (exact) mass is 528 g/mol. The highest BCUT2D eigenvalue weighted by Gasteiger charge is 2.34. The number of nitrogens with one attached hydrogen (secondary N) is 2. The van der Waals surface area contributed by atoms with E-state index >= 15 is 0 Å². The van der Waals surface area contributed by atoms with Crippen LogP contribution in [-0.4, -0.2) is 25.6 Å². The van der Waals surface area contributed by atoms with Crippen LogP contribution in [0.15, 0.2) is 78.9 Å². The number of aromatic amines is 1. The molecule has 0 amide bonds. The highest BCUT2D eigenvalue weighted by molar-refractivity contribution is 5.83. The van der Waals surface area contributed by atoms with Gasteiger partial charge in [0.1, 0.15) is 0 Å². The summed E-state index contributed by atoms with van der Waals surface area (Å²) in [6, 6.07) is 23.4. The third kappa shape index (κ3) is 5.52. The van der Waals surface area contributed by atoms with Crippen molar-refractivity contribution in [2.45, 2.75) is 39.4 Å². The highest BCUT2D eigenvalue weighted by Crippen LogP contribution is 2.41. The average Bonchev–Trinajstić information content (AvgIpc) is 3.50. The van der Waals surface area contributed by atoms with Gasteiger partial charge in [-0.3, -0.25) is 4.98 Å². The van der Waals surface area contributed by atoms with Crippen LogP contribution in [0.3, 0.4) is 0 Å². The summed E-state index contributed by atoms with van der Waals surface area (Å²) in [5.74, 6) is 0.513. The second-order valence-corrected chi connectivity index (χ2v) is 9.06. The Hall–Kier alpha value is -4.53. The Balaban J connectivity index is 1.47. The molecule has 0 spiro atoms. The van der Waals surface area contributed by atoms with Crippen molar-refractivity contribution in [3.63, 3.8) is 0 Å². The molecule has 0 saturated carbocycles. The minimum atomic E-state index is -4.48. The van der Waals surface area contributed by atoms with Crippen molar-refractivity contribution in [2.24, 2.45) is 0 Å². The van der Waals surface area contributed by atoms with Gasteiger partial charge in [-0.05, 0) is 52.4 Å². The normalized spacial score (nSPS) is 11.5. The quantitative estimate of drug-likeness (QED) is 0.220. The fourth-order valence-corrected chi connectivity index (χ4v) is 4.69. The van der Waals surface area contributed by atoms with E-state index in [2.05, 4.69) is 30.9 Å². The number of benzene rings is 3. The van der Waals surface area contributed by atoms with E-state index in [1.165, 1.54) is 12.1 Å². The molecular formula is C30H27F3N6. The molecule has 2 aromatic heterocycles. The zero-order valence-electron chi connectivity index (χ0n) is 21.5. The lowest BCUT2D eigenvalue weighted by Crippen LogP contribution is -2.11. The van der Waals surface area contributed by atoms with Gasteiger partial charge in [-0.15, -0.1) is 10.2 Å². The summed E-state index contributed by atoms with van der Waals surface area (Å²) in [5.41, 5.74) is 5.88. The fraction of sp³-hybridized carbons (Fsp3) is 0.200. The Morgan fingerprint density at radius 3 is 2.15 bits per heavy atom. The van der Waals surface area contributed by atoms with Gasteiger partial charge < -0.3 is 5.32 Å². The highest BCUT2D eigenvalue weighted by atomic mass is 19.4. The maximum Gasteiger partial charge on any atom is 0.417 e. The van der Waals surface area contributed by atoms with E-state index in [4.69, 9.17) is 0 Å². The van der Waals surface area contributed by atoms with Crippen molar-refractivity contribution in [1.82, 2.24) is 25.6 Å². The van der Waals surface area contributed by atoms with Gasteiger partial charge in [-0.2, -0.15) is 18.4 Å². The van der Waals surface area contributed by atoms with Gasteiger partial charge >= 0.3 is 6.18 Å². The molecule has 2 heterocycles. The topological polar surface area (TPSA) is 79.4 Å². The maximum absolute atomic E-state index is 13.9. The zero-order valence-corrected chi connectivity index (χ0v) is 21.5. The average molecular weight is 529 g/mol. The number of rotatable bonds is 8. The Kier molecular flexibility index (Phi) is 7.40. The number of aromatic nitrogens is 5. The van der Waals surface area contributed by atoms with Gasteiger partial charge in [0.2, 0.25) is 5.82 Å². The molecular weight excluding hydrogens is 501 g/mol. The lowest BCUT2D eigenvalue weighted by Gasteiger charge is -2.20. The minimum absolute atomic E-state index is 0.132. The lowest BCUT2D eigenvalue weighted by atomic mass is 9.94. The molecule has 39 heavy (non-hydrogen) atoms. The van der Waals surface area contributed by atoms with Gasteiger partial charge in [0.25, 0.3) is 0 Å². The number of tetrazole rings is 1. The first-order valence-electron chi connectivity index (χ1n) is 12.7. The van der Waals surface area contributed by atoms with Gasteiger partial charge in [-0.1, -0.05) is 80.6 Å². The molecule has 0 radical (unpaired) electrons. The van der Waals surface area contributed by atoms with Crippen molar-refractivity contribution in [1.29, 1.82) is 0 Å². The van der Waals surface area contributed by atoms with Gasteiger partial charge in [0, 0.05) is 29.1 Å². The van der Waals surface area contributed by atoms with E-state index in [1.54, 1.807) is 6.07 Å². The second kappa shape index (κ2) is 11.1. The van der Waals surface area contributed by atoms with Gasteiger partial charge in [0.15, 0.2) is 0 Å². The summed E-state index contributed by atoms with van der Waals surface area (Å²) in [6.07, 6.45) is -3.29. The fourth-order valence-electron chi connectivity index (χ4n) is 4.69. The number of nitrogens with zero attached hydrogens (tertiary/aromatic N) is 4. The molecule has 5 aromatic rings. The Morgan fingerprint density at radius 1 is 0.821 bits per heavy atom. The maximum atomic E-state index is 13.9. The first-order valence-corrected chi connectivity index (χ1v) is 12.7. The van der Waals surface area contributed by atoms with Crippen LogP contribution in [0, 0.1) is 0 Å². The summed E-state index contributed by atoms with van der Waals surface area (Å²) in [5, 5.41) is 17.8. The Morgan fingerprint density at radius 2 is 1.51 bits per heavy atom. The molecule has 0 unspecified atom stereocenters. The number of hydrogen-bond acceptors (Lipinski definition) is 5. The first kappa shape index (κ1) is 26.1. The minimum Gasteiger partial charge on any atom is -0.380 e. The van der Waals surface area contributed by atoms with E-state index in [0.717, 1.165) is 34.0 Å². The number of pyridine rings is 1. The van der Waals surface area contributed by atoms with Crippen LogP contribution in [-0.2, 0) is 25.6 Å². The summed E-state index contributed by atoms with van der Waals surface area (Å²) >= 11 is 0. The second-order valence-electron chi connectivity index (χ2n) is 9.06. The predicted molar refractivity (Wildman–Crippen MR) is 146 cm³/mol. The van der Waals surface area contributed by atoms with Crippen LogP contribution in [0.1, 0.15) is 36.4 Å². The van der Waals surface area contributed by atoms with Crippen LogP contribution < -0.4 is 5.32 Å². The molecule has 2 N–H and O–H groups in total. The number of anilines is 1. The molecule has 0 aliphatic heterocycles. The number of halogens is 3. The molecule has 0 bridgehead atoms. The molecule has 6 nitrogen and oxygen atoms in total. The molecule has 9 heteroatoms. The third-order valence-corrected chi connectivity index (χ3v) is 6.61. The van der Waals surface area contributed by atoms with Crippen LogP contribution >= 0.6 is 0 Å². The number of alkyl halides is 3.